The molecule has 0 fully saturated rings. The molecule has 6 aromatic carbocycles. The molecule has 5 heteroatoms. The zero-order valence-corrected chi connectivity index (χ0v) is 41.1. The minimum Gasteiger partial charge on any atom is -0.469 e. The molecule has 4 heterocycles. The molecule has 9 aromatic rings. The van der Waals surface area contributed by atoms with Crippen LogP contribution in [0, 0.1) is 6.92 Å². The number of hydrogen-bond acceptors (Lipinski definition) is 3. The second-order valence-corrected chi connectivity index (χ2v) is 24.0. The molecule has 3 nitrogen and oxygen atoms in total. The van der Waals surface area contributed by atoms with Gasteiger partial charge in [-0.3, -0.25) is 0 Å². The van der Waals surface area contributed by atoms with Gasteiger partial charge in [-0.1, -0.05) is 111 Å². The normalized spacial score (nSPS) is 18.0. The van der Waals surface area contributed by atoms with E-state index in [0.717, 1.165) is 17.7 Å². The van der Waals surface area contributed by atoms with Gasteiger partial charge in [0, 0.05) is 53.1 Å². The number of aryl methyl sites for hydroxylation is 2. The lowest BCUT2D eigenvalue weighted by molar-refractivity contribution is 0.332. The first kappa shape index (κ1) is 41.2. The fraction of sp³-hybridized carbons (Fsp3) is 0.367. The fourth-order valence-electron chi connectivity index (χ4n) is 12.5. The number of rotatable bonds is 6. The lowest BCUT2D eigenvalue weighted by atomic mass is 9.60. The molecule has 0 amide bonds. The Kier molecular flexibility index (Phi) is 8.95. The first-order valence-electron chi connectivity index (χ1n) is 24.6. The molecule has 3 aliphatic rings. The maximum absolute atomic E-state index is 7.38. The van der Waals surface area contributed by atoms with Crippen LogP contribution in [-0.2, 0) is 28.1 Å². The monoisotopic (exact) mass is 870 g/mol. The largest absolute Gasteiger partial charge is 0.469 e. The summed E-state index contributed by atoms with van der Waals surface area (Å²) in [5, 5.41) is 6.55. The van der Waals surface area contributed by atoms with Gasteiger partial charge in [0.15, 0.2) is 0 Å². The van der Waals surface area contributed by atoms with Crippen molar-refractivity contribution in [2.24, 2.45) is 0 Å². The van der Waals surface area contributed by atoms with Crippen LogP contribution in [-0.4, -0.2) is 12.3 Å². The molecule has 0 radical (unpaired) electrons. The van der Waals surface area contributed by atoms with E-state index in [9.17, 15) is 0 Å². The molecule has 0 bridgehead atoms. The molecule has 0 atom stereocenters. The SMILES string of the molecule is CCCCCc1cc(-c2cc3sc4ccccc4c3c3c2Bc2oc4cc5c(cc4c2N3c2ccc3c(c2)C(C)(C)CCC3(C)C)C(C)(C)CCC5(C)C)c2[nH]c3ccc(C)cc3c2c1. The number of hydrogen-bond donors (Lipinski definition) is 1. The van der Waals surface area contributed by atoms with E-state index >= 15 is 0 Å². The Morgan fingerprint density at radius 1 is 0.631 bits per heavy atom. The van der Waals surface area contributed by atoms with Gasteiger partial charge in [0.1, 0.15) is 5.58 Å². The fourth-order valence-corrected chi connectivity index (χ4v) is 13.6. The number of nitrogens with one attached hydrogen (secondary N) is 1. The molecule has 12 rings (SSSR count). The topological polar surface area (TPSA) is 32.2 Å². The summed E-state index contributed by atoms with van der Waals surface area (Å²) in [5.41, 5.74) is 21.1. The van der Waals surface area contributed by atoms with Crippen molar-refractivity contribution in [3.8, 4) is 11.1 Å². The van der Waals surface area contributed by atoms with E-state index in [0.29, 0.717) is 7.28 Å². The predicted octanol–water partition coefficient (Wildman–Crippen LogP) is 16.0. The number of unbranched alkanes of at least 4 members (excludes halogenated alkanes) is 2. The maximum Gasteiger partial charge on any atom is 0.244 e. The highest BCUT2D eigenvalue weighted by atomic mass is 32.1. The van der Waals surface area contributed by atoms with Crippen LogP contribution in [0.3, 0.4) is 0 Å². The van der Waals surface area contributed by atoms with Crippen molar-refractivity contribution in [3.05, 3.63) is 124 Å². The van der Waals surface area contributed by atoms with Gasteiger partial charge in [0.2, 0.25) is 7.28 Å². The molecule has 1 aliphatic heterocycles. The van der Waals surface area contributed by atoms with Gasteiger partial charge in [-0.25, -0.2) is 0 Å². The zero-order chi connectivity index (χ0) is 44.9. The molecule has 0 saturated carbocycles. The number of fused-ring (bicyclic) bond motifs is 13. The number of aromatic nitrogens is 1. The summed E-state index contributed by atoms with van der Waals surface area (Å²) in [6.45, 7) is 24.1. The van der Waals surface area contributed by atoms with Crippen molar-refractivity contribution >= 4 is 99.7 Å². The van der Waals surface area contributed by atoms with E-state index in [1.165, 1.54) is 159 Å². The molecule has 65 heavy (non-hydrogen) atoms. The van der Waals surface area contributed by atoms with Crippen molar-refractivity contribution in [1.82, 2.24) is 4.98 Å². The van der Waals surface area contributed by atoms with Gasteiger partial charge in [-0.05, 0) is 167 Å². The summed E-state index contributed by atoms with van der Waals surface area (Å²) in [6.07, 6.45) is 9.41. The third-order valence-corrected chi connectivity index (χ3v) is 17.7. The Balaban J connectivity index is 1.22. The van der Waals surface area contributed by atoms with Crippen molar-refractivity contribution in [1.29, 1.82) is 0 Å². The average molecular weight is 871 g/mol. The number of H-pyrrole nitrogens is 1. The van der Waals surface area contributed by atoms with Crippen LogP contribution in [0.1, 0.15) is 141 Å². The highest BCUT2D eigenvalue weighted by Gasteiger charge is 2.42. The van der Waals surface area contributed by atoms with Gasteiger partial charge < -0.3 is 14.3 Å². The Labute approximate surface area is 389 Å². The molecule has 0 saturated heterocycles. The Morgan fingerprint density at radius 2 is 1.34 bits per heavy atom. The highest BCUT2D eigenvalue weighted by Crippen LogP contribution is 2.54. The molecule has 328 valence electrons. The van der Waals surface area contributed by atoms with Gasteiger partial charge >= 0.3 is 0 Å². The van der Waals surface area contributed by atoms with Crippen LogP contribution in [0.4, 0.5) is 17.1 Å². The molecule has 2 aliphatic carbocycles. The van der Waals surface area contributed by atoms with Crippen molar-refractivity contribution in [2.45, 2.75) is 142 Å². The second-order valence-electron chi connectivity index (χ2n) is 23.0. The summed E-state index contributed by atoms with van der Waals surface area (Å²) in [4.78, 5) is 6.68. The lowest BCUT2D eigenvalue weighted by Gasteiger charge is -2.43. The van der Waals surface area contributed by atoms with E-state index in [4.69, 9.17) is 4.42 Å². The van der Waals surface area contributed by atoms with Crippen LogP contribution in [0.2, 0.25) is 0 Å². The van der Waals surface area contributed by atoms with Crippen LogP contribution in [0.25, 0.3) is 64.1 Å². The Morgan fingerprint density at radius 3 is 2.09 bits per heavy atom. The summed E-state index contributed by atoms with van der Waals surface area (Å²) in [7, 11) is 0.715. The number of nitrogens with zero attached hydrogens (tertiary/aromatic N) is 1. The predicted molar refractivity (Wildman–Crippen MR) is 284 cm³/mol. The lowest BCUT2D eigenvalue weighted by Crippen LogP contribution is -2.40. The van der Waals surface area contributed by atoms with Gasteiger partial charge in [-0.2, -0.15) is 0 Å². The second kappa shape index (κ2) is 14.1. The summed E-state index contributed by atoms with van der Waals surface area (Å²) >= 11 is 1.94. The first-order chi connectivity index (χ1) is 31.0. The summed E-state index contributed by atoms with van der Waals surface area (Å²) in [5.74, 6) is 0. The van der Waals surface area contributed by atoms with Gasteiger partial charge in [0.05, 0.1) is 22.6 Å². The van der Waals surface area contributed by atoms with Crippen LogP contribution < -0.4 is 16.0 Å². The third-order valence-electron chi connectivity index (χ3n) is 16.6. The van der Waals surface area contributed by atoms with Crippen molar-refractivity contribution in [2.75, 3.05) is 4.90 Å². The van der Waals surface area contributed by atoms with E-state index in [1.54, 1.807) is 0 Å². The van der Waals surface area contributed by atoms with Crippen LogP contribution in [0.5, 0.6) is 0 Å². The van der Waals surface area contributed by atoms with Gasteiger partial charge in [0.25, 0.3) is 0 Å². The van der Waals surface area contributed by atoms with E-state index < -0.39 is 0 Å². The summed E-state index contributed by atoms with van der Waals surface area (Å²) in [6, 6.07) is 36.1. The Hall–Kier alpha value is -5.26. The van der Waals surface area contributed by atoms with Crippen molar-refractivity contribution < 1.29 is 4.42 Å². The smallest absolute Gasteiger partial charge is 0.244 e. The zero-order valence-electron chi connectivity index (χ0n) is 40.3. The van der Waals surface area contributed by atoms with Gasteiger partial charge in [-0.15, -0.1) is 11.3 Å². The molecule has 0 unspecified atom stereocenters. The molecular weight excluding hydrogens is 808 g/mol. The molecule has 1 N–H and O–H groups in total. The minimum atomic E-state index is 0.0551. The number of thiophene rings is 1. The highest BCUT2D eigenvalue weighted by molar-refractivity contribution is 7.26. The minimum absolute atomic E-state index is 0.0551. The number of benzene rings is 6. The van der Waals surface area contributed by atoms with E-state index in [2.05, 4.69) is 170 Å². The standard InChI is InChI=1S/C60H63BN2OS/c1-11-12-13-16-35-28-40-38-27-34(2)19-22-47(38)62-53(40)41(29-35)39-32-50-51(37-17-14-15-18-49(37)65-50)55-52(39)61-56-54(42-31-45-46(33-48(42)64-56)60(9,10)26-25-59(45,7)8)63(55)36-20-21-43-44(30-36)58(5,6)24-23-57(43,3)4/h14-15,17-22,27-33,61-62H,11-13,16,23-26H2,1-10H3. The van der Waals surface area contributed by atoms with Crippen LogP contribution in [0.15, 0.2) is 95.4 Å². The van der Waals surface area contributed by atoms with Crippen LogP contribution >= 0.6 is 11.3 Å². The maximum atomic E-state index is 7.38. The molecular formula is C60H63BN2OS. The summed E-state index contributed by atoms with van der Waals surface area (Å²) < 4.78 is 10.0. The third kappa shape index (κ3) is 6.19. The number of furan rings is 1. The Bertz CT molecular complexity index is 3460. The molecule has 3 aromatic heterocycles. The average Bonchev–Trinajstić information content (AvgIpc) is 3.96. The quantitative estimate of drug-likeness (QED) is 0.133. The number of anilines is 3. The van der Waals surface area contributed by atoms with Crippen molar-refractivity contribution in [3.63, 3.8) is 0 Å². The van der Waals surface area contributed by atoms with E-state index in [-0.39, 0.29) is 21.7 Å². The molecule has 0 spiro atoms. The first-order valence-corrected chi connectivity index (χ1v) is 25.4. The van der Waals surface area contributed by atoms with E-state index in [1.807, 2.05) is 11.3 Å². The number of aromatic amines is 1.